The van der Waals surface area contributed by atoms with Gasteiger partial charge in [-0.15, -0.1) is 10.2 Å². The van der Waals surface area contributed by atoms with Gasteiger partial charge in [0, 0.05) is 6.20 Å². The molecule has 0 N–H and O–H groups in total. The Balaban J connectivity index is 1.25. The Hall–Kier alpha value is -1.89. The second-order valence-electron chi connectivity index (χ2n) is 8.17. The second-order valence-corrected chi connectivity index (χ2v) is 8.17. The van der Waals surface area contributed by atoms with Crippen LogP contribution >= 0.6 is 0 Å². The highest BCUT2D eigenvalue weighted by Gasteiger charge is 2.51. The number of pyridine rings is 1. The van der Waals surface area contributed by atoms with Gasteiger partial charge in [0.15, 0.2) is 0 Å². The molecule has 5 nitrogen and oxygen atoms in total. The van der Waals surface area contributed by atoms with Crippen molar-refractivity contribution in [3.63, 3.8) is 0 Å². The monoisotopic (exact) mass is 361 g/mol. The predicted octanol–water partition coefficient (Wildman–Crippen LogP) is 4.55. The van der Waals surface area contributed by atoms with Gasteiger partial charge in [-0.05, 0) is 68.4 Å². The highest BCUT2D eigenvalue weighted by Crippen LogP contribution is 2.57. The van der Waals surface area contributed by atoms with E-state index in [-0.39, 0.29) is 11.5 Å². The maximum atomic E-state index is 12.5. The molecule has 4 aliphatic carbocycles. The zero-order valence-corrected chi connectivity index (χ0v) is 14.4. The summed E-state index contributed by atoms with van der Waals surface area (Å²) < 4.78 is 36.4. The summed E-state index contributed by atoms with van der Waals surface area (Å²) in [5.74, 6) is 1.92. The van der Waals surface area contributed by atoms with Gasteiger partial charge in [0.05, 0.1) is 23.5 Å². The van der Waals surface area contributed by atoms with Gasteiger partial charge in [-0.3, -0.25) is 4.98 Å². The molecule has 0 saturated heterocycles. The SMILES string of the molecule is FC(F)c1nnc(-c2ccc(COC34CC5CC(CC(C5)C3)C4)nc2)o1. The predicted molar refractivity (Wildman–Crippen MR) is 88.2 cm³/mol. The molecule has 7 heteroatoms. The lowest BCUT2D eigenvalue weighted by Crippen LogP contribution is -2.51. The van der Waals surface area contributed by atoms with Gasteiger partial charge >= 0.3 is 6.43 Å². The van der Waals surface area contributed by atoms with Crippen LogP contribution in [0.25, 0.3) is 11.5 Å². The Labute approximate surface area is 150 Å². The lowest BCUT2D eigenvalue weighted by molar-refractivity contribution is -0.169. The number of hydrogen-bond donors (Lipinski definition) is 0. The van der Waals surface area contributed by atoms with E-state index in [0.29, 0.717) is 12.2 Å². The zero-order valence-electron chi connectivity index (χ0n) is 14.4. The minimum atomic E-state index is -2.77. The first-order valence-electron chi connectivity index (χ1n) is 9.29. The van der Waals surface area contributed by atoms with Crippen molar-refractivity contribution < 1.29 is 17.9 Å². The highest BCUT2D eigenvalue weighted by atomic mass is 19.3. The molecule has 0 aliphatic heterocycles. The molecule has 2 aromatic heterocycles. The summed E-state index contributed by atoms with van der Waals surface area (Å²) in [5, 5.41) is 6.98. The molecule has 0 aromatic carbocycles. The van der Waals surface area contributed by atoms with Crippen LogP contribution in [0, 0.1) is 17.8 Å². The van der Waals surface area contributed by atoms with Crippen LogP contribution in [0.4, 0.5) is 8.78 Å². The molecule has 26 heavy (non-hydrogen) atoms. The molecule has 2 aromatic rings. The number of aromatic nitrogens is 3. The average Bonchev–Trinajstić information content (AvgIpc) is 3.10. The van der Waals surface area contributed by atoms with Crippen LogP contribution < -0.4 is 0 Å². The first-order valence-corrected chi connectivity index (χ1v) is 9.29. The number of hydrogen-bond acceptors (Lipinski definition) is 5. The van der Waals surface area contributed by atoms with Crippen LogP contribution in [-0.2, 0) is 11.3 Å². The van der Waals surface area contributed by atoms with Crippen molar-refractivity contribution in [2.75, 3.05) is 0 Å². The second kappa shape index (κ2) is 6.08. The van der Waals surface area contributed by atoms with E-state index < -0.39 is 12.3 Å². The molecule has 2 heterocycles. The van der Waals surface area contributed by atoms with Gasteiger partial charge in [-0.1, -0.05) is 0 Å². The van der Waals surface area contributed by atoms with Crippen molar-refractivity contribution in [1.29, 1.82) is 0 Å². The molecular formula is C19H21F2N3O2. The van der Waals surface area contributed by atoms with Crippen LogP contribution in [0.15, 0.2) is 22.7 Å². The number of halogens is 2. The van der Waals surface area contributed by atoms with Crippen LogP contribution in [0.5, 0.6) is 0 Å². The van der Waals surface area contributed by atoms with Gasteiger partial charge in [0.1, 0.15) is 0 Å². The minimum absolute atomic E-state index is 0.0494. The van der Waals surface area contributed by atoms with E-state index in [9.17, 15) is 8.78 Å². The Morgan fingerprint density at radius 2 is 1.77 bits per heavy atom. The largest absolute Gasteiger partial charge is 0.415 e. The molecule has 138 valence electrons. The molecule has 4 saturated carbocycles. The molecule has 0 amide bonds. The van der Waals surface area contributed by atoms with Gasteiger partial charge in [-0.25, -0.2) is 0 Å². The molecule has 0 unspecified atom stereocenters. The first kappa shape index (κ1) is 16.3. The zero-order chi connectivity index (χ0) is 17.7. The summed E-state index contributed by atoms with van der Waals surface area (Å²) in [6.07, 6.45) is 6.54. The fourth-order valence-electron chi connectivity index (χ4n) is 5.51. The number of rotatable bonds is 5. The third-order valence-electron chi connectivity index (χ3n) is 6.21. The maximum Gasteiger partial charge on any atom is 0.314 e. The number of alkyl halides is 2. The fraction of sp³-hybridized carbons (Fsp3) is 0.632. The van der Waals surface area contributed by atoms with Gasteiger partial charge < -0.3 is 9.15 Å². The van der Waals surface area contributed by atoms with E-state index in [2.05, 4.69) is 15.2 Å². The Kier molecular flexibility index (Phi) is 3.81. The topological polar surface area (TPSA) is 61.0 Å². The van der Waals surface area contributed by atoms with Crippen molar-refractivity contribution >= 4 is 0 Å². The normalized spacial score (nSPS) is 32.5. The highest BCUT2D eigenvalue weighted by molar-refractivity contribution is 5.50. The Morgan fingerprint density at radius 1 is 1.08 bits per heavy atom. The summed E-state index contributed by atoms with van der Waals surface area (Å²) >= 11 is 0. The first-order chi connectivity index (χ1) is 12.6. The number of ether oxygens (including phenoxy) is 1. The Morgan fingerprint density at radius 3 is 2.31 bits per heavy atom. The summed E-state index contributed by atoms with van der Waals surface area (Å²) in [6, 6.07) is 3.59. The Bertz CT molecular complexity index is 755. The van der Waals surface area contributed by atoms with Gasteiger partial charge in [0.2, 0.25) is 5.89 Å². The molecule has 0 atom stereocenters. The quantitative estimate of drug-likeness (QED) is 0.782. The van der Waals surface area contributed by atoms with Crippen molar-refractivity contribution in [2.24, 2.45) is 17.8 Å². The molecule has 4 fully saturated rings. The summed E-state index contributed by atoms with van der Waals surface area (Å²) in [4.78, 5) is 4.39. The van der Waals surface area contributed by atoms with Crippen LogP contribution in [0.1, 0.15) is 56.5 Å². The van der Waals surface area contributed by atoms with Crippen molar-refractivity contribution in [3.05, 3.63) is 29.9 Å². The average molecular weight is 361 g/mol. The lowest BCUT2D eigenvalue weighted by atomic mass is 9.54. The third kappa shape index (κ3) is 2.92. The van der Waals surface area contributed by atoms with Crippen molar-refractivity contribution in [1.82, 2.24) is 15.2 Å². The number of nitrogens with zero attached hydrogens (tertiary/aromatic N) is 3. The van der Waals surface area contributed by atoms with E-state index >= 15 is 0 Å². The standard InChI is InChI=1S/C19H21F2N3O2/c20-16(21)18-24-23-17(26-18)14-1-2-15(22-9-14)10-25-19-6-11-3-12(7-19)5-13(4-11)8-19/h1-2,9,11-13,16H,3-8,10H2. The summed E-state index contributed by atoms with van der Waals surface area (Å²) in [6.45, 7) is 0.485. The van der Waals surface area contributed by atoms with E-state index in [1.165, 1.54) is 38.5 Å². The maximum absolute atomic E-state index is 12.5. The van der Waals surface area contributed by atoms with Crippen LogP contribution in [0.3, 0.4) is 0 Å². The van der Waals surface area contributed by atoms with E-state index in [0.717, 1.165) is 23.4 Å². The summed E-state index contributed by atoms with van der Waals surface area (Å²) in [7, 11) is 0. The van der Waals surface area contributed by atoms with Crippen LogP contribution in [-0.4, -0.2) is 20.8 Å². The van der Waals surface area contributed by atoms with Crippen molar-refractivity contribution in [2.45, 2.75) is 57.2 Å². The van der Waals surface area contributed by atoms with E-state index in [4.69, 9.17) is 9.15 Å². The molecular weight excluding hydrogens is 340 g/mol. The van der Waals surface area contributed by atoms with Crippen LogP contribution in [0.2, 0.25) is 0 Å². The molecule has 0 spiro atoms. The fourth-order valence-corrected chi connectivity index (χ4v) is 5.51. The summed E-state index contributed by atoms with van der Waals surface area (Å²) in [5.41, 5.74) is 1.41. The van der Waals surface area contributed by atoms with Gasteiger partial charge in [-0.2, -0.15) is 8.78 Å². The lowest BCUT2D eigenvalue weighted by Gasteiger charge is -2.56. The molecule has 4 bridgehead atoms. The van der Waals surface area contributed by atoms with Gasteiger partial charge in [0.25, 0.3) is 5.89 Å². The molecule has 0 radical (unpaired) electrons. The van der Waals surface area contributed by atoms with E-state index in [1.54, 1.807) is 12.3 Å². The van der Waals surface area contributed by atoms with Crippen molar-refractivity contribution in [3.8, 4) is 11.5 Å². The third-order valence-corrected chi connectivity index (χ3v) is 6.21. The smallest absolute Gasteiger partial charge is 0.314 e. The minimum Gasteiger partial charge on any atom is -0.415 e. The van der Waals surface area contributed by atoms with E-state index in [1.807, 2.05) is 6.07 Å². The molecule has 4 aliphatic rings. The molecule has 6 rings (SSSR count).